The monoisotopic (exact) mass is 538 g/mol. The van der Waals surface area contributed by atoms with Crippen molar-refractivity contribution in [2.24, 2.45) is 4.99 Å². The highest BCUT2D eigenvalue weighted by Gasteiger charge is 2.42. The van der Waals surface area contributed by atoms with Gasteiger partial charge in [0.2, 0.25) is 5.91 Å². The van der Waals surface area contributed by atoms with Gasteiger partial charge >= 0.3 is 5.97 Å². The van der Waals surface area contributed by atoms with Crippen LogP contribution in [-0.4, -0.2) is 61.5 Å². The maximum atomic E-state index is 13.4. The second kappa shape index (κ2) is 12.6. The first-order valence-electron chi connectivity index (χ1n) is 11.9. The van der Waals surface area contributed by atoms with Crippen molar-refractivity contribution in [1.82, 2.24) is 15.2 Å². The Hall–Kier alpha value is -3.83. The molecule has 1 aromatic carbocycles. The van der Waals surface area contributed by atoms with Crippen LogP contribution >= 0.6 is 11.8 Å². The molecule has 1 amide bonds. The van der Waals surface area contributed by atoms with Gasteiger partial charge in [0.15, 0.2) is 5.17 Å². The number of nitrogens with zero attached hydrogens (tertiary/aromatic N) is 3. The summed E-state index contributed by atoms with van der Waals surface area (Å²) in [6.45, 7) is 2.51. The quantitative estimate of drug-likeness (QED) is 0.339. The van der Waals surface area contributed by atoms with Gasteiger partial charge in [-0.3, -0.25) is 9.78 Å². The average Bonchev–Trinajstić information content (AvgIpc) is 3.33. The Morgan fingerprint density at radius 3 is 2.68 bits per heavy atom. The fraction of sp³-hybridized carbons (Fsp3) is 0.333. The molecule has 2 aromatic rings. The topological polar surface area (TPSA) is 112 Å². The smallest absolute Gasteiger partial charge is 0.338 e. The van der Waals surface area contributed by atoms with E-state index in [4.69, 9.17) is 18.9 Å². The van der Waals surface area contributed by atoms with Gasteiger partial charge in [-0.25, -0.2) is 9.79 Å². The number of allylic oxidation sites excluding steroid dienone is 1. The summed E-state index contributed by atoms with van der Waals surface area (Å²) in [4.78, 5) is 37.0. The number of ether oxygens (including phenoxy) is 4. The molecule has 0 spiro atoms. The van der Waals surface area contributed by atoms with Crippen LogP contribution in [-0.2, 0) is 25.6 Å². The Balaban J connectivity index is 1.66. The number of methoxy groups -OCH3 is 3. The van der Waals surface area contributed by atoms with Crippen molar-refractivity contribution in [3.8, 4) is 11.5 Å². The molecule has 0 saturated carbocycles. The van der Waals surface area contributed by atoms with Crippen LogP contribution in [0.2, 0.25) is 0 Å². The summed E-state index contributed by atoms with van der Waals surface area (Å²) in [7, 11) is 4.67. The van der Waals surface area contributed by atoms with E-state index in [1.165, 1.54) is 11.8 Å². The van der Waals surface area contributed by atoms with Gasteiger partial charge in [-0.2, -0.15) is 0 Å². The van der Waals surface area contributed by atoms with Gasteiger partial charge in [0, 0.05) is 43.4 Å². The first-order valence-corrected chi connectivity index (χ1v) is 12.8. The molecule has 10 nitrogen and oxygen atoms in total. The van der Waals surface area contributed by atoms with Crippen LogP contribution in [0, 0.1) is 0 Å². The zero-order chi connectivity index (χ0) is 27.1. The number of esters is 1. The minimum absolute atomic E-state index is 0.0896. The molecule has 3 heterocycles. The Labute approximate surface area is 225 Å². The predicted octanol–water partition coefficient (Wildman–Crippen LogP) is 3.57. The van der Waals surface area contributed by atoms with Crippen molar-refractivity contribution < 1.29 is 28.5 Å². The summed E-state index contributed by atoms with van der Waals surface area (Å²) in [6, 6.07) is 8.50. The molecule has 38 heavy (non-hydrogen) atoms. The van der Waals surface area contributed by atoms with E-state index in [9.17, 15) is 9.59 Å². The van der Waals surface area contributed by atoms with E-state index in [1.807, 2.05) is 28.5 Å². The van der Waals surface area contributed by atoms with Crippen LogP contribution < -0.4 is 14.8 Å². The molecule has 0 saturated heterocycles. The second-order valence-corrected chi connectivity index (χ2v) is 9.28. The highest BCUT2D eigenvalue weighted by atomic mass is 32.2. The van der Waals surface area contributed by atoms with Crippen LogP contribution in [0.25, 0.3) is 0 Å². The van der Waals surface area contributed by atoms with Gasteiger partial charge in [-0.05, 0) is 36.1 Å². The predicted molar refractivity (Wildman–Crippen MR) is 143 cm³/mol. The van der Waals surface area contributed by atoms with E-state index in [0.29, 0.717) is 45.7 Å². The van der Waals surface area contributed by atoms with Gasteiger partial charge in [0.25, 0.3) is 0 Å². The van der Waals surface area contributed by atoms with Crippen LogP contribution in [0.4, 0.5) is 0 Å². The standard InChI is InChI=1S/C27H30N4O6S/c1-17-24(26(33)37-11-10-34-2)25(21-8-7-20(35-3)13-22(21)36-4)31-19(16-38-27(31)30-17)12-23(32)29-15-18-6-5-9-28-14-18/h5-9,13-14,16,25H,10-12,15H2,1-4H3,(H,29,32). The number of pyridine rings is 1. The number of carbonyl (C=O) groups is 2. The largest absolute Gasteiger partial charge is 0.497 e. The van der Waals surface area contributed by atoms with Gasteiger partial charge in [0.05, 0.1) is 44.6 Å². The number of hydrogen-bond acceptors (Lipinski definition) is 10. The number of rotatable bonds is 11. The second-order valence-electron chi connectivity index (χ2n) is 8.44. The normalized spacial score (nSPS) is 16.4. The molecule has 11 heteroatoms. The zero-order valence-electron chi connectivity index (χ0n) is 21.7. The number of benzene rings is 1. The third kappa shape index (κ3) is 6.00. The molecular weight excluding hydrogens is 508 g/mol. The summed E-state index contributed by atoms with van der Waals surface area (Å²) in [5, 5.41) is 5.48. The van der Waals surface area contributed by atoms with E-state index in [0.717, 1.165) is 5.56 Å². The number of fused-ring (bicyclic) bond motifs is 1. The summed E-state index contributed by atoms with van der Waals surface area (Å²) < 4.78 is 21.6. The van der Waals surface area contributed by atoms with Crippen molar-refractivity contribution in [3.63, 3.8) is 0 Å². The zero-order valence-corrected chi connectivity index (χ0v) is 22.5. The number of aliphatic imine (C=N–C) groups is 1. The number of amides is 1. The van der Waals surface area contributed by atoms with Crippen LogP contribution in [0.1, 0.15) is 30.5 Å². The Morgan fingerprint density at radius 2 is 1.97 bits per heavy atom. The van der Waals surface area contributed by atoms with Crippen LogP contribution in [0.5, 0.6) is 11.5 Å². The molecule has 200 valence electrons. The molecule has 1 aromatic heterocycles. The van der Waals surface area contributed by atoms with Crippen molar-refractivity contribution in [2.45, 2.75) is 25.9 Å². The first kappa shape index (κ1) is 27.2. The molecular formula is C27H30N4O6S. The average molecular weight is 539 g/mol. The highest BCUT2D eigenvalue weighted by molar-refractivity contribution is 8.16. The lowest BCUT2D eigenvalue weighted by molar-refractivity contribution is -0.141. The third-order valence-electron chi connectivity index (χ3n) is 6.03. The van der Waals surface area contributed by atoms with Crippen molar-refractivity contribution in [1.29, 1.82) is 0 Å². The number of amidine groups is 1. The lowest BCUT2D eigenvalue weighted by Crippen LogP contribution is -2.38. The number of carbonyl (C=O) groups excluding carboxylic acids is 2. The lowest BCUT2D eigenvalue weighted by Gasteiger charge is -2.36. The van der Waals surface area contributed by atoms with Gasteiger partial charge in [-0.1, -0.05) is 17.8 Å². The SMILES string of the molecule is COCCOC(=O)C1=C(C)N=C2SC=C(CC(=O)NCc3cccnc3)N2C1c1ccc(OC)cc1OC. The lowest BCUT2D eigenvalue weighted by atomic mass is 9.93. The Bertz CT molecular complexity index is 1280. The van der Waals surface area contributed by atoms with E-state index in [1.54, 1.807) is 52.8 Å². The molecule has 1 unspecified atom stereocenters. The molecule has 2 aliphatic heterocycles. The van der Waals surface area contributed by atoms with Crippen molar-refractivity contribution in [2.75, 3.05) is 34.5 Å². The molecule has 2 aliphatic rings. The molecule has 0 radical (unpaired) electrons. The number of hydrogen-bond donors (Lipinski definition) is 1. The van der Waals surface area contributed by atoms with E-state index in [-0.39, 0.29) is 25.5 Å². The summed E-state index contributed by atoms with van der Waals surface area (Å²) in [6.07, 6.45) is 3.48. The first-order chi connectivity index (χ1) is 18.5. The summed E-state index contributed by atoms with van der Waals surface area (Å²) >= 11 is 1.40. The third-order valence-corrected chi connectivity index (χ3v) is 6.92. The van der Waals surface area contributed by atoms with Crippen LogP contribution in [0.15, 0.2) is 70.1 Å². The molecule has 1 atom stereocenters. The van der Waals surface area contributed by atoms with Gasteiger partial charge in [0.1, 0.15) is 18.1 Å². The minimum Gasteiger partial charge on any atom is -0.497 e. The number of aromatic nitrogens is 1. The Morgan fingerprint density at radius 1 is 1.13 bits per heavy atom. The van der Waals surface area contributed by atoms with Crippen molar-refractivity contribution >= 4 is 28.8 Å². The summed E-state index contributed by atoms with van der Waals surface area (Å²) in [5.74, 6) is 0.463. The maximum Gasteiger partial charge on any atom is 0.338 e. The van der Waals surface area contributed by atoms with Crippen LogP contribution in [0.3, 0.4) is 0 Å². The number of thioether (sulfide) groups is 1. The molecule has 0 fully saturated rings. The molecule has 0 aliphatic carbocycles. The fourth-order valence-corrected chi connectivity index (χ4v) is 5.16. The minimum atomic E-state index is -0.634. The fourth-order valence-electron chi connectivity index (χ4n) is 4.20. The van der Waals surface area contributed by atoms with Gasteiger partial charge < -0.3 is 29.2 Å². The summed E-state index contributed by atoms with van der Waals surface area (Å²) in [5.41, 5.74) is 3.21. The number of nitrogens with one attached hydrogen (secondary N) is 1. The highest BCUT2D eigenvalue weighted by Crippen LogP contribution is 2.47. The van der Waals surface area contributed by atoms with Crippen molar-refractivity contribution in [3.05, 3.63) is 76.2 Å². The molecule has 4 rings (SSSR count). The van der Waals surface area contributed by atoms with Gasteiger partial charge in [-0.15, -0.1) is 0 Å². The Kier molecular flexibility index (Phi) is 9.03. The van der Waals surface area contributed by atoms with E-state index in [2.05, 4.69) is 15.3 Å². The molecule has 1 N–H and O–H groups in total. The molecule has 0 bridgehead atoms. The maximum absolute atomic E-state index is 13.4. The van der Waals surface area contributed by atoms with E-state index < -0.39 is 12.0 Å². The van der Waals surface area contributed by atoms with E-state index >= 15 is 0 Å².